The van der Waals surface area contributed by atoms with Crippen molar-refractivity contribution in [2.45, 2.75) is 18.9 Å². The largest absolute Gasteiger partial charge is 0.469 e. The molecule has 23 heavy (non-hydrogen) atoms. The van der Waals surface area contributed by atoms with Crippen LogP contribution in [0.4, 0.5) is 5.69 Å². The van der Waals surface area contributed by atoms with Gasteiger partial charge in [0.25, 0.3) is 5.91 Å². The monoisotopic (exact) mass is 320 g/mol. The second-order valence-corrected chi connectivity index (χ2v) is 5.15. The molecule has 2 rings (SSSR count). The number of hydrogen-bond donors (Lipinski definition) is 1. The van der Waals surface area contributed by atoms with Gasteiger partial charge < -0.3 is 19.7 Å². The molecule has 1 aromatic rings. The SMILES string of the molecule is COC(=O)CCC(=O)NCC1CN(c2ccccc2)C(=O)CO1. The first-order valence-electron chi connectivity index (χ1n) is 7.40. The van der Waals surface area contributed by atoms with Crippen molar-refractivity contribution in [2.24, 2.45) is 0 Å². The Morgan fingerprint density at radius 2 is 2.04 bits per heavy atom. The number of anilines is 1. The Morgan fingerprint density at radius 1 is 1.30 bits per heavy atom. The number of carbonyl (C=O) groups excluding carboxylic acids is 3. The standard InChI is InChI=1S/C16H20N2O5/c1-22-16(21)8-7-14(19)17-9-13-10-18(15(20)11-23-13)12-5-3-2-4-6-12/h2-6,13H,7-11H2,1H3,(H,17,19). The van der Waals surface area contributed by atoms with Crippen molar-refractivity contribution in [1.29, 1.82) is 0 Å². The maximum atomic E-state index is 12.0. The van der Waals surface area contributed by atoms with E-state index in [1.807, 2.05) is 30.3 Å². The Balaban J connectivity index is 1.81. The predicted octanol–water partition coefficient (Wildman–Crippen LogP) is 0.488. The molecule has 1 saturated heterocycles. The second-order valence-electron chi connectivity index (χ2n) is 5.15. The van der Waals surface area contributed by atoms with Crippen LogP contribution in [0.3, 0.4) is 0 Å². The summed E-state index contributed by atoms with van der Waals surface area (Å²) in [4.78, 5) is 36.3. The molecule has 1 N–H and O–H groups in total. The number of ether oxygens (including phenoxy) is 2. The number of methoxy groups -OCH3 is 1. The topological polar surface area (TPSA) is 84.9 Å². The molecule has 0 radical (unpaired) electrons. The van der Waals surface area contributed by atoms with Crippen molar-refractivity contribution in [3.63, 3.8) is 0 Å². The maximum absolute atomic E-state index is 12.0. The average molecular weight is 320 g/mol. The summed E-state index contributed by atoms with van der Waals surface area (Å²) >= 11 is 0. The molecule has 1 unspecified atom stereocenters. The lowest BCUT2D eigenvalue weighted by atomic mass is 10.2. The normalized spacial score (nSPS) is 17.7. The predicted molar refractivity (Wildman–Crippen MR) is 82.8 cm³/mol. The van der Waals surface area contributed by atoms with Gasteiger partial charge in [0.1, 0.15) is 6.61 Å². The smallest absolute Gasteiger partial charge is 0.306 e. The first kappa shape index (κ1) is 17.0. The first-order valence-corrected chi connectivity index (χ1v) is 7.40. The molecule has 1 fully saturated rings. The van der Waals surface area contributed by atoms with Crippen LogP contribution in [-0.2, 0) is 23.9 Å². The maximum Gasteiger partial charge on any atom is 0.306 e. The molecule has 1 aliphatic heterocycles. The average Bonchev–Trinajstić information content (AvgIpc) is 2.59. The minimum atomic E-state index is -0.421. The number of esters is 1. The Kier molecular flexibility index (Phi) is 6.10. The molecule has 1 aliphatic rings. The molecular weight excluding hydrogens is 300 g/mol. The number of nitrogens with one attached hydrogen (secondary N) is 1. The first-order chi connectivity index (χ1) is 11.1. The van der Waals surface area contributed by atoms with E-state index in [9.17, 15) is 14.4 Å². The second kappa shape index (κ2) is 8.28. The highest BCUT2D eigenvalue weighted by Gasteiger charge is 2.27. The number of nitrogens with zero attached hydrogens (tertiary/aromatic N) is 1. The lowest BCUT2D eigenvalue weighted by Crippen LogP contribution is -2.50. The van der Waals surface area contributed by atoms with Crippen LogP contribution in [0.2, 0.25) is 0 Å². The van der Waals surface area contributed by atoms with Gasteiger partial charge in [0.05, 0.1) is 26.2 Å². The summed E-state index contributed by atoms with van der Waals surface area (Å²) in [6.07, 6.45) is -0.168. The Labute approximate surface area is 134 Å². The fourth-order valence-electron chi connectivity index (χ4n) is 2.24. The van der Waals surface area contributed by atoms with Crippen molar-refractivity contribution in [2.75, 3.05) is 31.7 Å². The molecule has 1 aromatic carbocycles. The van der Waals surface area contributed by atoms with E-state index >= 15 is 0 Å². The van der Waals surface area contributed by atoms with Gasteiger partial charge in [-0.25, -0.2) is 0 Å². The third-order valence-corrected chi connectivity index (χ3v) is 3.51. The molecule has 0 aliphatic carbocycles. The summed E-state index contributed by atoms with van der Waals surface area (Å²) in [5.74, 6) is -0.776. The number of benzene rings is 1. The van der Waals surface area contributed by atoms with Gasteiger partial charge in [0.2, 0.25) is 5.91 Å². The highest BCUT2D eigenvalue weighted by Crippen LogP contribution is 2.17. The van der Waals surface area contributed by atoms with E-state index in [1.54, 1.807) is 4.90 Å². The fraction of sp³-hybridized carbons (Fsp3) is 0.438. The van der Waals surface area contributed by atoms with Crippen LogP contribution in [0.25, 0.3) is 0 Å². The minimum Gasteiger partial charge on any atom is -0.469 e. The number of hydrogen-bond acceptors (Lipinski definition) is 5. The van der Waals surface area contributed by atoms with E-state index in [4.69, 9.17) is 4.74 Å². The van der Waals surface area contributed by atoms with E-state index < -0.39 is 5.97 Å². The number of para-hydroxylation sites is 1. The van der Waals surface area contributed by atoms with Gasteiger partial charge in [-0.2, -0.15) is 0 Å². The van der Waals surface area contributed by atoms with Gasteiger partial charge in [-0.15, -0.1) is 0 Å². The zero-order valence-electron chi connectivity index (χ0n) is 13.0. The van der Waals surface area contributed by atoms with E-state index in [2.05, 4.69) is 10.1 Å². The molecule has 0 bridgehead atoms. The van der Waals surface area contributed by atoms with E-state index in [0.717, 1.165) is 5.69 Å². The molecule has 7 nitrogen and oxygen atoms in total. The molecule has 0 saturated carbocycles. The molecule has 7 heteroatoms. The molecule has 1 atom stereocenters. The van der Waals surface area contributed by atoms with Crippen molar-refractivity contribution in [3.05, 3.63) is 30.3 Å². The number of amides is 2. The van der Waals surface area contributed by atoms with Gasteiger partial charge in [0.15, 0.2) is 0 Å². The van der Waals surface area contributed by atoms with E-state index in [-0.39, 0.29) is 43.9 Å². The summed E-state index contributed by atoms with van der Waals surface area (Å²) in [6, 6.07) is 9.32. The molecule has 124 valence electrons. The van der Waals surface area contributed by atoms with Gasteiger partial charge in [-0.3, -0.25) is 14.4 Å². The summed E-state index contributed by atoms with van der Waals surface area (Å²) in [7, 11) is 1.28. The number of morpholine rings is 1. The minimum absolute atomic E-state index is 0.0163. The third-order valence-electron chi connectivity index (χ3n) is 3.51. The molecule has 0 aromatic heterocycles. The highest BCUT2D eigenvalue weighted by atomic mass is 16.5. The van der Waals surface area contributed by atoms with Crippen LogP contribution in [0, 0.1) is 0 Å². The summed E-state index contributed by atoms with van der Waals surface area (Å²) in [6.45, 7) is 0.647. The van der Waals surface area contributed by atoms with Crippen LogP contribution < -0.4 is 10.2 Å². The lowest BCUT2D eigenvalue weighted by molar-refractivity contribution is -0.142. The van der Waals surface area contributed by atoms with Crippen molar-refractivity contribution < 1.29 is 23.9 Å². The van der Waals surface area contributed by atoms with Gasteiger partial charge in [0, 0.05) is 18.7 Å². The fourth-order valence-corrected chi connectivity index (χ4v) is 2.24. The lowest BCUT2D eigenvalue weighted by Gasteiger charge is -2.32. The molecule has 2 amide bonds. The van der Waals surface area contributed by atoms with Crippen LogP contribution >= 0.6 is 0 Å². The molecule has 1 heterocycles. The number of carbonyl (C=O) groups is 3. The molecular formula is C16H20N2O5. The summed E-state index contributed by atoms with van der Waals surface area (Å²) in [5.41, 5.74) is 0.808. The van der Waals surface area contributed by atoms with Gasteiger partial charge >= 0.3 is 5.97 Å². The van der Waals surface area contributed by atoms with Crippen molar-refractivity contribution >= 4 is 23.5 Å². The summed E-state index contributed by atoms with van der Waals surface area (Å²) in [5, 5.41) is 2.71. The van der Waals surface area contributed by atoms with E-state index in [0.29, 0.717) is 6.54 Å². The van der Waals surface area contributed by atoms with Gasteiger partial charge in [-0.05, 0) is 12.1 Å². The highest BCUT2D eigenvalue weighted by molar-refractivity contribution is 5.95. The Morgan fingerprint density at radius 3 is 2.74 bits per heavy atom. The quantitative estimate of drug-likeness (QED) is 0.771. The van der Waals surface area contributed by atoms with E-state index in [1.165, 1.54) is 7.11 Å². The third kappa shape index (κ3) is 5.07. The van der Waals surface area contributed by atoms with Crippen LogP contribution in [0.5, 0.6) is 0 Å². The van der Waals surface area contributed by atoms with Crippen LogP contribution in [0.15, 0.2) is 30.3 Å². The van der Waals surface area contributed by atoms with Gasteiger partial charge in [-0.1, -0.05) is 18.2 Å². The molecule has 0 spiro atoms. The summed E-state index contributed by atoms with van der Waals surface area (Å²) < 4.78 is 9.92. The van der Waals surface area contributed by atoms with Crippen molar-refractivity contribution in [3.8, 4) is 0 Å². The zero-order valence-corrected chi connectivity index (χ0v) is 13.0. The van der Waals surface area contributed by atoms with Crippen molar-refractivity contribution in [1.82, 2.24) is 5.32 Å². The Bertz CT molecular complexity index is 561. The Hall–Kier alpha value is -2.41. The van der Waals surface area contributed by atoms with Crippen LogP contribution in [0.1, 0.15) is 12.8 Å². The number of rotatable bonds is 6. The zero-order chi connectivity index (χ0) is 16.7. The van der Waals surface area contributed by atoms with Crippen LogP contribution in [-0.4, -0.2) is 50.7 Å².